The zero-order chi connectivity index (χ0) is 20.3. The minimum Gasteiger partial charge on any atom is -0.477 e. The molecule has 2 fully saturated rings. The summed E-state index contributed by atoms with van der Waals surface area (Å²) in [5.74, 6) is -6.68. The van der Waals surface area contributed by atoms with Crippen molar-refractivity contribution in [3.05, 3.63) is 39.4 Å². The number of benzene rings is 1. The van der Waals surface area contributed by atoms with Crippen molar-refractivity contribution in [1.82, 2.24) is 4.57 Å². The van der Waals surface area contributed by atoms with Crippen LogP contribution in [0.3, 0.4) is 0 Å². The van der Waals surface area contributed by atoms with Crippen LogP contribution in [0.15, 0.2) is 11.0 Å². The molecule has 0 spiro atoms. The van der Waals surface area contributed by atoms with Gasteiger partial charge in [0.25, 0.3) is 0 Å². The van der Waals surface area contributed by atoms with Crippen LogP contribution in [0.4, 0.5) is 23.2 Å². The molecule has 1 saturated heterocycles. The molecule has 1 aromatic carbocycles. The Morgan fingerprint density at radius 3 is 2.39 bits per heavy atom. The molecule has 2 unspecified atom stereocenters. The van der Waals surface area contributed by atoms with Gasteiger partial charge in [0.05, 0.1) is 17.6 Å². The molecule has 1 aliphatic heterocycles. The fourth-order valence-corrected chi connectivity index (χ4v) is 3.80. The van der Waals surface area contributed by atoms with Gasteiger partial charge in [0.2, 0.25) is 5.43 Å². The second-order valence-corrected chi connectivity index (χ2v) is 7.31. The number of halogens is 4. The number of carbonyl (C=O) groups is 1. The summed E-state index contributed by atoms with van der Waals surface area (Å²) in [4.78, 5) is 24.9. The first kappa shape index (κ1) is 18.7. The van der Waals surface area contributed by atoms with Crippen LogP contribution >= 0.6 is 0 Å². The number of carboxylic acid groups (broad SMARTS) is 1. The number of hydrogen-bond donors (Lipinski definition) is 2. The van der Waals surface area contributed by atoms with E-state index in [0.29, 0.717) is 12.8 Å². The van der Waals surface area contributed by atoms with Crippen LogP contribution in [-0.2, 0) is 0 Å². The number of alkyl halides is 1. The second-order valence-electron chi connectivity index (χ2n) is 7.31. The summed E-state index contributed by atoms with van der Waals surface area (Å²) in [7, 11) is 0. The summed E-state index contributed by atoms with van der Waals surface area (Å²) >= 11 is 0. The van der Waals surface area contributed by atoms with E-state index in [1.165, 1.54) is 4.57 Å². The molecule has 2 atom stereocenters. The van der Waals surface area contributed by atoms with Crippen molar-refractivity contribution in [2.45, 2.75) is 24.9 Å². The number of aromatic carboxylic acids is 1. The summed E-state index contributed by atoms with van der Waals surface area (Å²) in [6.45, 7) is -0.961. The Labute approximate surface area is 156 Å². The van der Waals surface area contributed by atoms with Crippen molar-refractivity contribution in [1.29, 1.82) is 0 Å². The van der Waals surface area contributed by atoms with Crippen LogP contribution in [0.5, 0.6) is 0 Å². The van der Waals surface area contributed by atoms with Gasteiger partial charge >= 0.3 is 5.97 Å². The summed E-state index contributed by atoms with van der Waals surface area (Å²) < 4.78 is 59.3. The van der Waals surface area contributed by atoms with Crippen LogP contribution in [-0.4, -0.2) is 41.4 Å². The van der Waals surface area contributed by atoms with Gasteiger partial charge in [0.15, 0.2) is 17.5 Å². The van der Waals surface area contributed by atoms with Crippen LogP contribution < -0.4 is 16.1 Å². The van der Waals surface area contributed by atoms with E-state index in [0.717, 1.165) is 11.1 Å². The lowest BCUT2D eigenvalue weighted by Crippen LogP contribution is -2.31. The fraction of sp³-hybridized carbons (Fsp3) is 0.444. The molecule has 6 nitrogen and oxygen atoms in total. The van der Waals surface area contributed by atoms with Crippen LogP contribution in [0.1, 0.15) is 29.2 Å². The van der Waals surface area contributed by atoms with Crippen molar-refractivity contribution in [2.24, 2.45) is 11.7 Å². The maximum atomic E-state index is 15.4. The van der Waals surface area contributed by atoms with Crippen molar-refractivity contribution in [3.63, 3.8) is 0 Å². The highest BCUT2D eigenvalue weighted by Crippen LogP contribution is 2.41. The maximum absolute atomic E-state index is 15.4. The molecular formula is C18H17F4N3O3. The SMILES string of the molecule is NC1CN(c2c(F)c(F)c3c(=O)c(C(=O)O)cn(C4CC4)c3c2F)CC1CF. The predicted octanol–water partition coefficient (Wildman–Crippen LogP) is 2.18. The minimum atomic E-state index is -1.62. The smallest absolute Gasteiger partial charge is 0.341 e. The summed E-state index contributed by atoms with van der Waals surface area (Å²) in [6.07, 6.45) is 2.14. The summed E-state index contributed by atoms with van der Waals surface area (Å²) in [5.41, 5.74) is 2.55. The highest BCUT2D eigenvalue weighted by atomic mass is 19.2. The van der Waals surface area contributed by atoms with E-state index < -0.39 is 69.6 Å². The van der Waals surface area contributed by atoms with Gasteiger partial charge in [-0.3, -0.25) is 9.18 Å². The number of nitrogens with two attached hydrogens (primary N) is 1. The van der Waals surface area contributed by atoms with Gasteiger partial charge in [-0.1, -0.05) is 0 Å². The molecule has 10 heteroatoms. The van der Waals surface area contributed by atoms with E-state index in [1.807, 2.05) is 0 Å². The minimum absolute atomic E-state index is 0.0752. The lowest BCUT2D eigenvalue weighted by molar-refractivity contribution is 0.0694. The van der Waals surface area contributed by atoms with Crippen LogP contribution in [0.2, 0.25) is 0 Å². The van der Waals surface area contributed by atoms with Gasteiger partial charge in [-0.05, 0) is 12.8 Å². The summed E-state index contributed by atoms with van der Waals surface area (Å²) in [6, 6.07) is -0.990. The number of nitrogens with zero attached hydrogens (tertiary/aromatic N) is 2. The van der Waals surface area contributed by atoms with Crippen molar-refractivity contribution >= 4 is 22.6 Å². The molecule has 2 heterocycles. The number of carboxylic acids is 1. The molecule has 150 valence electrons. The van der Waals surface area contributed by atoms with Crippen LogP contribution in [0.25, 0.3) is 10.9 Å². The third kappa shape index (κ3) is 2.66. The Morgan fingerprint density at radius 1 is 1.18 bits per heavy atom. The second kappa shape index (κ2) is 6.47. The molecular weight excluding hydrogens is 382 g/mol. The molecule has 1 saturated carbocycles. The van der Waals surface area contributed by atoms with Gasteiger partial charge < -0.3 is 20.3 Å². The molecule has 4 rings (SSSR count). The molecule has 1 aliphatic carbocycles. The molecule has 28 heavy (non-hydrogen) atoms. The van der Waals surface area contributed by atoms with Gasteiger partial charge in [-0.2, -0.15) is 0 Å². The first-order chi connectivity index (χ1) is 13.3. The predicted molar refractivity (Wildman–Crippen MR) is 93.0 cm³/mol. The number of aromatic nitrogens is 1. The summed E-state index contributed by atoms with van der Waals surface area (Å²) in [5, 5.41) is 8.28. The Hall–Kier alpha value is -2.62. The van der Waals surface area contributed by atoms with Crippen LogP contribution in [0, 0.1) is 23.4 Å². The highest BCUT2D eigenvalue weighted by Gasteiger charge is 2.37. The number of rotatable bonds is 4. The van der Waals surface area contributed by atoms with E-state index in [2.05, 4.69) is 0 Å². The number of anilines is 1. The standard InChI is InChI=1S/C18H17F4N3O3/c19-3-7-4-24(6-10(7)23)16-13(21)12(20)11-15(14(16)22)25(8-1-2-8)5-9(17(11)26)18(27)28/h5,7-8,10H,1-4,6,23H2,(H,27,28). The zero-order valence-electron chi connectivity index (χ0n) is 14.6. The number of fused-ring (bicyclic) bond motifs is 1. The van der Waals surface area contributed by atoms with Crippen molar-refractivity contribution in [2.75, 3.05) is 24.7 Å². The van der Waals surface area contributed by atoms with Crippen molar-refractivity contribution < 1.29 is 27.5 Å². The molecule has 1 aromatic heterocycles. The Bertz CT molecular complexity index is 1050. The molecule has 0 radical (unpaired) electrons. The third-order valence-corrected chi connectivity index (χ3v) is 5.45. The Kier molecular flexibility index (Phi) is 4.33. The lowest BCUT2D eigenvalue weighted by Gasteiger charge is -2.23. The van der Waals surface area contributed by atoms with Gasteiger partial charge in [0.1, 0.15) is 11.3 Å². The van der Waals surface area contributed by atoms with Gasteiger partial charge in [-0.15, -0.1) is 0 Å². The molecule has 0 bridgehead atoms. The van der Waals surface area contributed by atoms with E-state index in [-0.39, 0.29) is 19.1 Å². The van der Waals surface area contributed by atoms with Gasteiger partial charge in [0, 0.05) is 37.3 Å². The molecule has 2 aliphatic rings. The number of pyridine rings is 1. The number of hydrogen-bond acceptors (Lipinski definition) is 4. The van der Waals surface area contributed by atoms with E-state index in [1.54, 1.807) is 0 Å². The maximum Gasteiger partial charge on any atom is 0.341 e. The fourth-order valence-electron chi connectivity index (χ4n) is 3.80. The highest BCUT2D eigenvalue weighted by molar-refractivity contribution is 5.94. The normalized spacial score (nSPS) is 22.2. The van der Waals surface area contributed by atoms with E-state index in [9.17, 15) is 27.9 Å². The first-order valence-electron chi connectivity index (χ1n) is 8.81. The lowest BCUT2D eigenvalue weighted by atomic mass is 10.1. The average molecular weight is 399 g/mol. The van der Waals surface area contributed by atoms with Gasteiger partial charge in [-0.25, -0.2) is 18.0 Å². The third-order valence-electron chi connectivity index (χ3n) is 5.45. The zero-order valence-corrected chi connectivity index (χ0v) is 14.6. The molecule has 2 aromatic rings. The molecule has 3 N–H and O–H groups in total. The quantitative estimate of drug-likeness (QED) is 0.608. The average Bonchev–Trinajstić information content (AvgIpc) is 3.42. The van der Waals surface area contributed by atoms with Crippen molar-refractivity contribution in [3.8, 4) is 0 Å². The topological polar surface area (TPSA) is 88.6 Å². The first-order valence-corrected chi connectivity index (χ1v) is 8.81. The van der Waals surface area contributed by atoms with E-state index >= 15 is 4.39 Å². The molecule has 0 amide bonds. The largest absolute Gasteiger partial charge is 0.477 e. The monoisotopic (exact) mass is 399 g/mol. The Balaban J connectivity index is 2.03. The van der Waals surface area contributed by atoms with E-state index in [4.69, 9.17) is 5.73 Å². The Morgan fingerprint density at radius 2 is 1.86 bits per heavy atom.